The summed E-state index contributed by atoms with van der Waals surface area (Å²) in [7, 11) is 0. The van der Waals surface area contributed by atoms with Crippen LogP contribution < -0.4 is 15.4 Å². The van der Waals surface area contributed by atoms with Crippen LogP contribution in [-0.2, 0) is 14.3 Å². The first-order valence-corrected chi connectivity index (χ1v) is 11.2. The van der Waals surface area contributed by atoms with Gasteiger partial charge in [-0.2, -0.15) is 0 Å². The highest BCUT2D eigenvalue weighted by Gasteiger charge is 2.32. The van der Waals surface area contributed by atoms with E-state index in [4.69, 9.17) is 21.7 Å². The minimum Gasteiger partial charge on any atom is -0.493 e. The van der Waals surface area contributed by atoms with Crippen molar-refractivity contribution in [3.8, 4) is 11.6 Å². The molecule has 1 amide bonds. The van der Waals surface area contributed by atoms with Crippen molar-refractivity contribution < 1.29 is 24.2 Å². The van der Waals surface area contributed by atoms with Crippen molar-refractivity contribution in [2.24, 2.45) is 10.2 Å². The molecule has 1 aliphatic heterocycles. The van der Waals surface area contributed by atoms with Gasteiger partial charge in [-0.1, -0.05) is 36.4 Å². The van der Waals surface area contributed by atoms with Gasteiger partial charge in [-0.15, -0.1) is 10.2 Å². The van der Waals surface area contributed by atoms with E-state index in [1.165, 1.54) is 0 Å². The molecule has 3 aromatic rings. The summed E-state index contributed by atoms with van der Waals surface area (Å²) in [6.07, 6.45) is 0. The average Bonchev–Trinajstić information content (AvgIpc) is 3.16. The lowest BCUT2D eigenvalue weighted by Crippen LogP contribution is -2.45. The standard InChI is InChI=1S/C24H23N5O5S/c1-3-33-23(32)19-13(2)25-24(35)27-20(19)15-9-5-7-11-17(15)34-12-18(30)28-29-21-14-8-4-6-10-16(14)26-22(21)31/h4-11,20,26,31H,3,12H2,1-2H3,(H2,25,27,35)/t20-/m0/s1. The number of benzene rings is 2. The predicted octanol–water partition coefficient (Wildman–Crippen LogP) is 3.92. The van der Waals surface area contributed by atoms with Crippen LogP contribution in [0.1, 0.15) is 25.5 Å². The fraction of sp³-hybridized carbons (Fsp3) is 0.208. The summed E-state index contributed by atoms with van der Waals surface area (Å²) in [4.78, 5) is 27.8. The van der Waals surface area contributed by atoms with Crippen LogP contribution in [0.4, 0.5) is 5.69 Å². The number of ether oxygens (including phenoxy) is 2. The third-order valence-corrected chi connectivity index (χ3v) is 5.49. The number of rotatable bonds is 7. The van der Waals surface area contributed by atoms with Crippen molar-refractivity contribution in [2.75, 3.05) is 13.2 Å². The summed E-state index contributed by atoms with van der Waals surface area (Å²) < 4.78 is 11.0. The second kappa shape index (κ2) is 10.3. The topological polar surface area (TPSA) is 137 Å². The van der Waals surface area contributed by atoms with Crippen LogP contribution >= 0.6 is 12.2 Å². The zero-order valence-electron chi connectivity index (χ0n) is 19.0. The molecule has 35 heavy (non-hydrogen) atoms. The number of amides is 1. The van der Waals surface area contributed by atoms with Crippen LogP contribution in [0.5, 0.6) is 11.6 Å². The molecule has 4 rings (SSSR count). The zero-order valence-corrected chi connectivity index (χ0v) is 19.8. The summed E-state index contributed by atoms with van der Waals surface area (Å²) in [6.45, 7) is 3.27. The van der Waals surface area contributed by atoms with E-state index in [9.17, 15) is 14.7 Å². The summed E-state index contributed by atoms with van der Waals surface area (Å²) in [5.74, 6) is -0.968. The Bertz CT molecular complexity index is 1360. The maximum absolute atomic E-state index is 12.6. The number of H-pyrrole nitrogens is 1. The maximum Gasteiger partial charge on any atom is 0.338 e. The van der Waals surface area contributed by atoms with Gasteiger partial charge in [0.05, 0.1) is 23.7 Å². The quantitative estimate of drug-likeness (QED) is 0.221. The number of hydrogen-bond donors (Lipinski definition) is 4. The third-order valence-electron chi connectivity index (χ3n) is 5.27. The summed E-state index contributed by atoms with van der Waals surface area (Å²) >= 11 is 5.28. The highest BCUT2D eigenvalue weighted by Crippen LogP contribution is 2.36. The predicted molar refractivity (Wildman–Crippen MR) is 132 cm³/mol. The van der Waals surface area contributed by atoms with Crippen molar-refractivity contribution >= 4 is 45.8 Å². The second-order valence-electron chi connectivity index (χ2n) is 7.58. The molecule has 0 aliphatic carbocycles. The zero-order chi connectivity index (χ0) is 24.9. The fourth-order valence-electron chi connectivity index (χ4n) is 3.75. The number of carbonyl (C=O) groups is 2. The van der Waals surface area contributed by atoms with Crippen molar-refractivity contribution in [2.45, 2.75) is 19.9 Å². The van der Waals surface area contributed by atoms with E-state index < -0.39 is 24.5 Å². The molecule has 180 valence electrons. The smallest absolute Gasteiger partial charge is 0.338 e. The van der Waals surface area contributed by atoms with Crippen LogP contribution in [0.15, 0.2) is 70.0 Å². The van der Waals surface area contributed by atoms with Crippen LogP contribution in [0.25, 0.3) is 10.9 Å². The lowest BCUT2D eigenvalue weighted by Gasteiger charge is -2.30. The molecule has 0 radical (unpaired) electrons. The number of azo groups is 1. The summed E-state index contributed by atoms with van der Waals surface area (Å²) in [6, 6.07) is 13.5. The first-order chi connectivity index (χ1) is 16.9. The molecule has 0 saturated carbocycles. The van der Waals surface area contributed by atoms with E-state index in [2.05, 4.69) is 25.8 Å². The van der Waals surface area contributed by atoms with Crippen LogP contribution in [0.2, 0.25) is 0 Å². The monoisotopic (exact) mass is 493 g/mol. The number of carbonyl (C=O) groups excluding carboxylic acids is 2. The Morgan fingerprint density at radius 2 is 1.89 bits per heavy atom. The van der Waals surface area contributed by atoms with Gasteiger partial charge in [0.15, 0.2) is 17.4 Å². The second-order valence-corrected chi connectivity index (χ2v) is 7.99. The number of nitrogens with one attached hydrogen (secondary N) is 3. The minimum atomic E-state index is -0.657. The van der Waals surface area contributed by atoms with E-state index in [-0.39, 0.29) is 18.2 Å². The number of hydrogen-bond acceptors (Lipinski definition) is 7. The molecule has 1 atom stereocenters. The van der Waals surface area contributed by atoms with Gasteiger partial charge in [0.25, 0.3) is 0 Å². The number of allylic oxidation sites excluding steroid dienone is 1. The van der Waals surface area contributed by atoms with Gasteiger partial charge >= 0.3 is 11.9 Å². The molecular formula is C24H23N5O5S. The van der Waals surface area contributed by atoms with Crippen molar-refractivity contribution in [3.63, 3.8) is 0 Å². The Balaban J connectivity index is 1.53. The maximum atomic E-state index is 12.6. The minimum absolute atomic E-state index is 0.168. The average molecular weight is 494 g/mol. The summed E-state index contributed by atoms with van der Waals surface area (Å²) in [5.41, 5.74) is 2.36. The molecule has 0 unspecified atom stereocenters. The number of thiocarbonyl (C=S) groups is 1. The molecule has 0 bridgehead atoms. The normalized spacial score (nSPS) is 15.7. The van der Waals surface area contributed by atoms with Gasteiger partial charge in [0.1, 0.15) is 5.75 Å². The molecule has 0 spiro atoms. The van der Waals surface area contributed by atoms with Gasteiger partial charge < -0.3 is 30.2 Å². The number of para-hydroxylation sites is 2. The molecule has 2 aromatic carbocycles. The molecule has 10 nitrogen and oxygen atoms in total. The lowest BCUT2D eigenvalue weighted by atomic mass is 9.95. The Labute approximate surface area is 206 Å². The number of aromatic amines is 1. The number of nitrogens with zero attached hydrogens (tertiary/aromatic N) is 2. The van der Waals surface area contributed by atoms with Crippen LogP contribution in [0.3, 0.4) is 0 Å². The van der Waals surface area contributed by atoms with Crippen molar-refractivity contribution in [3.05, 3.63) is 65.4 Å². The van der Waals surface area contributed by atoms with Crippen LogP contribution in [-0.4, -0.2) is 40.3 Å². The van der Waals surface area contributed by atoms with E-state index in [0.717, 1.165) is 0 Å². The number of aromatic nitrogens is 1. The lowest BCUT2D eigenvalue weighted by molar-refractivity contribution is -0.139. The first-order valence-electron chi connectivity index (χ1n) is 10.8. The molecule has 4 N–H and O–H groups in total. The molecule has 0 saturated heterocycles. The molecule has 2 heterocycles. The van der Waals surface area contributed by atoms with E-state index >= 15 is 0 Å². The van der Waals surface area contributed by atoms with Gasteiger partial charge in [-0.25, -0.2) is 4.79 Å². The molecular weight excluding hydrogens is 470 g/mol. The molecule has 0 fully saturated rings. The highest BCUT2D eigenvalue weighted by molar-refractivity contribution is 7.80. The Morgan fingerprint density at radius 1 is 1.14 bits per heavy atom. The van der Waals surface area contributed by atoms with E-state index in [1.54, 1.807) is 56.3 Å². The van der Waals surface area contributed by atoms with E-state index in [1.807, 2.05) is 6.07 Å². The van der Waals surface area contributed by atoms with Crippen molar-refractivity contribution in [1.82, 2.24) is 15.6 Å². The molecule has 1 aliphatic rings. The first kappa shape index (κ1) is 23.9. The molecule has 11 heteroatoms. The summed E-state index contributed by atoms with van der Waals surface area (Å²) in [5, 5.41) is 24.6. The fourth-order valence-corrected chi connectivity index (χ4v) is 4.02. The van der Waals surface area contributed by atoms with Gasteiger partial charge in [-0.3, -0.25) is 4.79 Å². The van der Waals surface area contributed by atoms with Gasteiger partial charge in [0, 0.05) is 16.6 Å². The van der Waals surface area contributed by atoms with Crippen LogP contribution in [0, 0.1) is 0 Å². The van der Waals surface area contributed by atoms with Crippen molar-refractivity contribution in [1.29, 1.82) is 0 Å². The number of aromatic hydroxyl groups is 1. The Morgan fingerprint density at radius 3 is 2.69 bits per heavy atom. The molecule has 1 aromatic heterocycles. The largest absolute Gasteiger partial charge is 0.493 e. The van der Waals surface area contributed by atoms with E-state index in [0.29, 0.717) is 38.6 Å². The third kappa shape index (κ3) is 5.14. The number of fused-ring (bicyclic) bond motifs is 1. The Hall–Kier alpha value is -4.25. The highest BCUT2D eigenvalue weighted by atomic mass is 32.1. The van der Waals surface area contributed by atoms with Gasteiger partial charge in [-0.05, 0) is 38.2 Å². The van der Waals surface area contributed by atoms with Gasteiger partial charge in [0.2, 0.25) is 5.88 Å². The number of esters is 1. The SMILES string of the molecule is CCOC(=O)C1=C(C)NC(=S)N[C@H]1c1ccccc1OCC(=O)N=Nc1c(O)[nH]c2ccccc12. The Kier molecular flexibility index (Phi) is 7.06.